The zero-order valence-corrected chi connectivity index (χ0v) is 14.8. The third-order valence-corrected chi connectivity index (χ3v) is 9.63. The van der Waals surface area contributed by atoms with Gasteiger partial charge in [0, 0.05) is 0 Å². The van der Waals surface area contributed by atoms with Crippen molar-refractivity contribution in [2.24, 2.45) is 0 Å². The Hall–Kier alpha value is -1.09. The van der Waals surface area contributed by atoms with E-state index in [-0.39, 0.29) is 3.93 Å². The second-order valence-electron chi connectivity index (χ2n) is 5.27. The minimum atomic E-state index is -1.74. The van der Waals surface area contributed by atoms with Gasteiger partial charge in [0.25, 0.3) is 0 Å². The topological polar surface area (TPSA) is 17.1 Å². The van der Waals surface area contributed by atoms with Gasteiger partial charge in [-0.05, 0) is 0 Å². The molecule has 0 spiro atoms. The van der Waals surface area contributed by atoms with Crippen molar-refractivity contribution >= 4 is 25.5 Å². The molecule has 0 heterocycles. The standard InChI is InChI=1S/C15H13O.2CH3.Sn.H/c16-15(14-9-5-2-6-10-14)12-11-13-7-3-1-4-8-13;;;;/h1-10,12H,11H2;2*1H3;;. The zero-order valence-electron chi connectivity index (χ0n) is 11.5. The molecule has 0 radical (unpaired) electrons. The molecular formula is C17H20OSn. The molecule has 2 aromatic rings. The summed E-state index contributed by atoms with van der Waals surface area (Å²) in [5.41, 5.74) is 2.15. The van der Waals surface area contributed by atoms with Crippen molar-refractivity contribution in [1.82, 2.24) is 0 Å². The van der Waals surface area contributed by atoms with Crippen molar-refractivity contribution in [3.8, 4) is 0 Å². The zero-order chi connectivity index (χ0) is 13.7. The Morgan fingerprint density at radius 2 is 1.47 bits per heavy atom. The number of ketones is 1. The number of rotatable bonds is 5. The molecule has 2 aromatic carbocycles. The molecule has 1 atom stereocenters. The maximum absolute atomic E-state index is 12.6. The molecule has 0 N–H and O–H groups in total. The van der Waals surface area contributed by atoms with Crippen LogP contribution in [0.2, 0.25) is 13.8 Å². The number of benzene rings is 2. The molecular weight excluding hydrogens is 339 g/mol. The fraction of sp³-hybridized carbons (Fsp3) is 0.235. The first-order valence-corrected chi connectivity index (χ1v) is 15.3. The number of Topliss-reactive ketones (excluding diaryl/α,β-unsaturated/α-hetero) is 1. The van der Waals surface area contributed by atoms with Crippen LogP contribution in [0.5, 0.6) is 0 Å². The van der Waals surface area contributed by atoms with Crippen molar-refractivity contribution in [1.29, 1.82) is 0 Å². The van der Waals surface area contributed by atoms with Gasteiger partial charge in [-0.2, -0.15) is 0 Å². The Morgan fingerprint density at radius 3 is 2.00 bits per heavy atom. The molecule has 1 unspecified atom stereocenters. The molecule has 0 aliphatic heterocycles. The van der Waals surface area contributed by atoms with Gasteiger partial charge in [0.15, 0.2) is 0 Å². The number of carbonyl (C=O) groups is 1. The molecule has 0 bridgehead atoms. The predicted molar refractivity (Wildman–Crippen MR) is 83.5 cm³/mol. The van der Waals surface area contributed by atoms with E-state index in [1.807, 2.05) is 36.4 Å². The molecule has 0 saturated heterocycles. The van der Waals surface area contributed by atoms with Crippen LogP contribution in [0, 0.1) is 0 Å². The van der Waals surface area contributed by atoms with Crippen LogP contribution in [0.4, 0.5) is 0 Å². The second-order valence-corrected chi connectivity index (χ2v) is 14.7. The Labute approximate surface area is 122 Å². The van der Waals surface area contributed by atoms with Crippen molar-refractivity contribution in [3.63, 3.8) is 0 Å². The summed E-state index contributed by atoms with van der Waals surface area (Å²) in [5, 5.41) is 0. The molecule has 0 amide bonds. The molecule has 98 valence electrons. The van der Waals surface area contributed by atoms with Crippen LogP contribution in [0.3, 0.4) is 0 Å². The van der Waals surface area contributed by atoms with Gasteiger partial charge in [0.05, 0.1) is 0 Å². The fourth-order valence-electron chi connectivity index (χ4n) is 2.32. The Morgan fingerprint density at radius 1 is 0.947 bits per heavy atom. The van der Waals surface area contributed by atoms with Crippen LogP contribution >= 0.6 is 0 Å². The van der Waals surface area contributed by atoms with E-state index in [9.17, 15) is 4.79 Å². The number of carbonyl (C=O) groups excluding carboxylic acids is 1. The Bertz CT molecular complexity index is 519. The van der Waals surface area contributed by atoms with E-state index in [1.165, 1.54) is 5.56 Å². The summed E-state index contributed by atoms with van der Waals surface area (Å²) in [6.45, 7) is 0. The van der Waals surface area contributed by atoms with Crippen molar-refractivity contribution < 1.29 is 4.79 Å². The van der Waals surface area contributed by atoms with Gasteiger partial charge in [0.1, 0.15) is 0 Å². The third kappa shape index (κ3) is 3.93. The normalized spacial score (nSPS) is 12.4. The first kappa shape index (κ1) is 14.3. The van der Waals surface area contributed by atoms with Crippen LogP contribution < -0.4 is 0 Å². The van der Waals surface area contributed by atoms with E-state index in [4.69, 9.17) is 0 Å². The summed E-state index contributed by atoms with van der Waals surface area (Å²) < 4.78 is 0.256. The van der Waals surface area contributed by atoms with E-state index < -0.39 is 19.8 Å². The third-order valence-electron chi connectivity index (χ3n) is 3.50. The van der Waals surface area contributed by atoms with Crippen LogP contribution in [0.15, 0.2) is 60.7 Å². The maximum atomic E-state index is 12.6. The van der Waals surface area contributed by atoms with E-state index in [1.54, 1.807) is 0 Å². The molecule has 0 saturated carbocycles. The Balaban J connectivity index is 2.19. The predicted octanol–water partition coefficient (Wildman–Crippen LogP) is 3.97. The molecule has 0 aliphatic carbocycles. The summed E-state index contributed by atoms with van der Waals surface area (Å²) in [5.74, 6) is 0.343. The molecule has 0 fully saturated rings. The van der Waals surface area contributed by atoms with Gasteiger partial charge in [0.2, 0.25) is 0 Å². The van der Waals surface area contributed by atoms with E-state index in [0.29, 0.717) is 5.78 Å². The Kier molecular flexibility index (Phi) is 5.20. The number of hydrogen-bond acceptors (Lipinski definition) is 1. The molecule has 2 rings (SSSR count). The molecule has 2 heteroatoms. The van der Waals surface area contributed by atoms with Gasteiger partial charge in [-0.25, -0.2) is 0 Å². The first-order chi connectivity index (χ1) is 9.18. The fourth-order valence-corrected chi connectivity index (χ4v) is 6.72. The van der Waals surface area contributed by atoms with Gasteiger partial charge in [-0.1, -0.05) is 0 Å². The summed E-state index contributed by atoms with van der Waals surface area (Å²) in [7, 11) is 0. The molecule has 0 aliphatic rings. The van der Waals surface area contributed by atoms with E-state index >= 15 is 0 Å². The SMILES string of the molecule is [CH3][SnH]([CH3])[CH](Cc1ccccc1)C(=O)c1ccccc1. The van der Waals surface area contributed by atoms with Gasteiger partial charge in [-0.3, -0.25) is 0 Å². The van der Waals surface area contributed by atoms with Crippen LogP contribution in [0.25, 0.3) is 0 Å². The summed E-state index contributed by atoms with van der Waals surface area (Å²) >= 11 is -1.74. The first-order valence-electron chi connectivity index (χ1n) is 6.81. The number of hydrogen-bond donors (Lipinski definition) is 0. The average molecular weight is 359 g/mol. The molecule has 0 aromatic heterocycles. The minimum absolute atomic E-state index is 0.256. The summed E-state index contributed by atoms with van der Waals surface area (Å²) in [6, 6.07) is 20.1. The quantitative estimate of drug-likeness (QED) is 0.583. The van der Waals surface area contributed by atoms with Gasteiger partial charge < -0.3 is 0 Å². The van der Waals surface area contributed by atoms with Crippen molar-refractivity contribution in [3.05, 3.63) is 71.8 Å². The summed E-state index contributed by atoms with van der Waals surface area (Å²) in [6.07, 6.45) is 0.905. The van der Waals surface area contributed by atoms with Crippen LogP contribution in [0.1, 0.15) is 15.9 Å². The van der Waals surface area contributed by atoms with E-state index in [2.05, 4.69) is 34.1 Å². The summed E-state index contributed by atoms with van der Waals surface area (Å²) in [4.78, 5) is 17.3. The monoisotopic (exact) mass is 360 g/mol. The van der Waals surface area contributed by atoms with Crippen LogP contribution in [-0.4, -0.2) is 25.5 Å². The van der Waals surface area contributed by atoms with Crippen molar-refractivity contribution in [2.45, 2.75) is 20.2 Å². The molecule has 19 heavy (non-hydrogen) atoms. The van der Waals surface area contributed by atoms with Crippen LogP contribution in [-0.2, 0) is 6.42 Å². The average Bonchev–Trinajstić information content (AvgIpc) is 2.46. The molecule has 1 nitrogen and oxygen atoms in total. The van der Waals surface area contributed by atoms with Gasteiger partial charge in [-0.15, -0.1) is 0 Å². The van der Waals surface area contributed by atoms with Crippen molar-refractivity contribution in [2.75, 3.05) is 0 Å². The van der Waals surface area contributed by atoms with E-state index in [0.717, 1.165) is 12.0 Å². The second kappa shape index (κ2) is 6.90. The van der Waals surface area contributed by atoms with Gasteiger partial charge >= 0.3 is 122 Å².